The van der Waals surface area contributed by atoms with Gasteiger partial charge in [0.05, 0.1) is 0 Å². The molecule has 0 radical (unpaired) electrons. The number of thioether (sulfide) groups is 2. The van der Waals surface area contributed by atoms with Gasteiger partial charge in [-0.25, -0.2) is 9.59 Å². The third kappa shape index (κ3) is 4.45. The molecule has 1 aromatic heterocycles. The van der Waals surface area contributed by atoms with Crippen LogP contribution in [0.5, 0.6) is 0 Å². The molecule has 9 nitrogen and oxygen atoms in total. The highest BCUT2D eigenvalue weighted by Gasteiger charge is 2.54. The molecular weight excluding hydrogens is 446 g/mol. The van der Waals surface area contributed by atoms with Crippen LogP contribution in [0.4, 0.5) is 4.79 Å². The summed E-state index contributed by atoms with van der Waals surface area (Å²) in [6, 6.07) is -0.909. The molecule has 2 atom stereocenters. The van der Waals surface area contributed by atoms with Gasteiger partial charge in [0.2, 0.25) is 0 Å². The lowest BCUT2D eigenvalue weighted by molar-refractivity contribution is -0.148. The molecule has 30 heavy (non-hydrogen) atoms. The molecule has 0 spiro atoms. The van der Waals surface area contributed by atoms with Gasteiger partial charge in [0.15, 0.2) is 4.34 Å². The van der Waals surface area contributed by atoms with Crippen LogP contribution in [0.15, 0.2) is 15.6 Å². The number of aliphatic carboxylic acids is 1. The summed E-state index contributed by atoms with van der Waals surface area (Å²) >= 11 is 4.35. The molecule has 0 aromatic carbocycles. The van der Waals surface area contributed by atoms with Gasteiger partial charge in [-0.05, 0) is 25.3 Å². The van der Waals surface area contributed by atoms with Crippen LogP contribution in [0.3, 0.4) is 0 Å². The summed E-state index contributed by atoms with van der Waals surface area (Å²) in [5.74, 6) is -0.580. The van der Waals surface area contributed by atoms with Gasteiger partial charge >= 0.3 is 12.0 Å². The molecule has 3 amide bonds. The van der Waals surface area contributed by atoms with Gasteiger partial charge in [0.1, 0.15) is 22.1 Å². The van der Waals surface area contributed by atoms with Gasteiger partial charge in [-0.1, -0.05) is 42.4 Å². The Bertz CT molecular complexity index is 883. The molecule has 12 heteroatoms. The van der Waals surface area contributed by atoms with Crippen molar-refractivity contribution in [3.63, 3.8) is 0 Å². The van der Waals surface area contributed by atoms with Crippen LogP contribution < -0.4 is 10.6 Å². The molecule has 3 N–H and O–H groups in total. The largest absolute Gasteiger partial charge is 0.477 e. The minimum atomic E-state index is -1.12. The Balaban J connectivity index is 1.39. The number of carbonyl (C=O) groups excluding carboxylic acids is 2. The standard InChI is InChI=1S/C18H23N5O4S3/c1-9-21-22-18(30-9)29-8-10-7-28-15-12(14(24)23(15)13(10)16(25)26)20-17(27)19-11-5-3-2-4-6-11/h11-12,15H,2-8H2,1H3,(H,25,26)(H2,19,20,27)/t12?,15-/m1/s1. The molecule has 2 aliphatic heterocycles. The van der Waals surface area contributed by atoms with Crippen molar-refractivity contribution < 1.29 is 19.5 Å². The number of rotatable bonds is 6. The summed E-state index contributed by atoms with van der Waals surface area (Å²) in [6.45, 7) is 1.86. The molecule has 1 unspecified atom stereocenters. The number of nitrogens with one attached hydrogen (secondary N) is 2. The second-order valence-corrected chi connectivity index (χ2v) is 11.0. The zero-order valence-electron chi connectivity index (χ0n) is 16.4. The first-order valence-electron chi connectivity index (χ1n) is 9.84. The van der Waals surface area contributed by atoms with Crippen LogP contribution in [0.1, 0.15) is 37.1 Å². The first-order chi connectivity index (χ1) is 14.4. The van der Waals surface area contributed by atoms with Gasteiger partial charge < -0.3 is 15.7 Å². The van der Waals surface area contributed by atoms with E-state index in [0.29, 0.717) is 17.1 Å². The van der Waals surface area contributed by atoms with Gasteiger partial charge in [-0.2, -0.15) is 0 Å². The fourth-order valence-electron chi connectivity index (χ4n) is 3.90. The summed E-state index contributed by atoms with van der Waals surface area (Å²) < 4.78 is 0.769. The van der Waals surface area contributed by atoms with Crippen molar-refractivity contribution in [3.8, 4) is 0 Å². The van der Waals surface area contributed by atoms with E-state index < -0.39 is 17.4 Å². The van der Waals surface area contributed by atoms with E-state index in [2.05, 4.69) is 20.8 Å². The van der Waals surface area contributed by atoms with E-state index in [1.807, 2.05) is 6.92 Å². The van der Waals surface area contributed by atoms with Gasteiger partial charge in [-0.3, -0.25) is 9.69 Å². The average Bonchev–Trinajstić information content (AvgIpc) is 3.15. The van der Waals surface area contributed by atoms with E-state index in [9.17, 15) is 19.5 Å². The molecule has 3 aliphatic rings. The summed E-state index contributed by atoms with van der Waals surface area (Å²) in [5.41, 5.74) is 0.711. The van der Waals surface area contributed by atoms with E-state index in [0.717, 1.165) is 35.0 Å². The lowest BCUT2D eigenvalue weighted by Crippen LogP contribution is -2.71. The normalized spacial score (nSPS) is 24.3. The minimum absolute atomic E-state index is 0.0308. The second-order valence-electron chi connectivity index (χ2n) is 7.47. The van der Waals surface area contributed by atoms with E-state index in [1.54, 1.807) is 0 Å². The van der Waals surface area contributed by atoms with E-state index in [-0.39, 0.29) is 23.7 Å². The van der Waals surface area contributed by atoms with Crippen molar-refractivity contribution >= 4 is 52.8 Å². The zero-order chi connectivity index (χ0) is 21.3. The van der Waals surface area contributed by atoms with Crippen LogP contribution in [0.25, 0.3) is 0 Å². The van der Waals surface area contributed by atoms with Crippen molar-refractivity contribution in [1.82, 2.24) is 25.7 Å². The monoisotopic (exact) mass is 469 g/mol. The smallest absolute Gasteiger partial charge is 0.352 e. The number of aromatic nitrogens is 2. The number of fused-ring (bicyclic) bond motifs is 1. The molecule has 162 valence electrons. The van der Waals surface area contributed by atoms with Gasteiger partial charge in [-0.15, -0.1) is 22.0 Å². The molecule has 2 fully saturated rings. The number of urea groups is 1. The summed E-state index contributed by atoms with van der Waals surface area (Å²) in [7, 11) is 0. The quantitative estimate of drug-likeness (QED) is 0.428. The number of carbonyl (C=O) groups is 3. The maximum atomic E-state index is 12.7. The highest BCUT2D eigenvalue weighted by atomic mass is 32.2. The van der Waals surface area contributed by atoms with Crippen molar-refractivity contribution in [2.75, 3.05) is 11.5 Å². The number of nitrogens with zero attached hydrogens (tertiary/aromatic N) is 3. The number of amides is 3. The lowest BCUT2D eigenvalue weighted by Gasteiger charge is -2.49. The fraction of sp³-hybridized carbons (Fsp3) is 0.611. The number of hydrogen-bond donors (Lipinski definition) is 3. The van der Waals surface area contributed by atoms with Gasteiger partial charge in [0.25, 0.3) is 5.91 Å². The number of aryl methyl sites for hydroxylation is 1. The Morgan fingerprint density at radius 2 is 2.00 bits per heavy atom. The molecule has 1 saturated carbocycles. The Hall–Kier alpha value is -1.79. The van der Waals surface area contributed by atoms with Crippen LogP contribution in [-0.2, 0) is 9.59 Å². The number of carboxylic acids is 1. The van der Waals surface area contributed by atoms with Crippen molar-refractivity contribution in [2.24, 2.45) is 0 Å². The van der Waals surface area contributed by atoms with E-state index >= 15 is 0 Å². The first kappa shape index (κ1) is 21.4. The van der Waals surface area contributed by atoms with Crippen molar-refractivity contribution in [1.29, 1.82) is 0 Å². The van der Waals surface area contributed by atoms with Crippen LogP contribution in [0, 0.1) is 6.92 Å². The third-order valence-electron chi connectivity index (χ3n) is 5.35. The maximum absolute atomic E-state index is 12.7. The van der Waals surface area contributed by atoms with E-state index in [1.165, 1.54) is 46.2 Å². The number of β-lactam (4-membered cyclic amide) rings is 1. The molecular formula is C18H23N5O4S3. The molecule has 1 aromatic rings. The Morgan fingerprint density at radius 1 is 1.23 bits per heavy atom. The molecule has 4 rings (SSSR count). The second kappa shape index (κ2) is 9.15. The van der Waals surface area contributed by atoms with Crippen LogP contribution in [0.2, 0.25) is 0 Å². The van der Waals surface area contributed by atoms with Crippen LogP contribution >= 0.6 is 34.9 Å². The van der Waals surface area contributed by atoms with Crippen LogP contribution in [-0.4, -0.2) is 67.1 Å². The highest BCUT2D eigenvalue weighted by Crippen LogP contribution is 2.41. The highest BCUT2D eigenvalue weighted by molar-refractivity contribution is 8.01. The Labute approximate surface area is 186 Å². The molecule has 1 aliphatic carbocycles. The summed E-state index contributed by atoms with van der Waals surface area (Å²) in [5, 5.41) is 23.9. The molecule has 1 saturated heterocycles. The SMILES string of the molecule is Cc1nnc(SCC2=C(C(=O)O)N3C(=O)C(NC(=O)NC4CCCCC4)[C@H]3SC2)s1. The van der Waals surface area contributed by atoms with E-state index in [4.69, 9.17) is 0 Å². The summed E-state index contributed by atoms with van der Waals surface area (Å²) in [6.07, 6.45) is 5.31. The maximum Gasteiger partial charge on any atom is 0.352 e. The topological polar surface area (TPSA) is 125 Å². The van der Waals surface area contributed by atoms with Crippen molar-refractivity contribution in [2.45, 2.75) is 60.8 Å². The number of hydrogen-bond acceptors (Lipinski definition) is 8. The first-order valence-corrected chi connectivity index (χ1v) is 12.7. The molecule has 0 bridgehead atoms. The third-order valence-corrected chi connectivity index (χ3v) is 8.75. The predicted octanol–water partition coefficient (Wildman–Crippen LogP) is 2.19. The Kier molecular flexibility index (Phi) is 6.54. The number of carboxylic acid groups (broad SMARTS) is 1. The Morgan fingerprint density at radius 3 is 2.67 bits per heavy atom. The zero-order valence-corrected chi connectivity index (χ0v) is 18.9. The fourth-order valence-corrected chi connectivity index (χ4v) is 7.20. The minimum Gasteiger partial charge on any atom is -0.477 e. The average molecular weight is 470 g/mol. The predicted molar refractivity (Wildman–Crippen MR) is 115 cm³/mol. The van der Waals surface area contributed by atoms with Crippen molar-refractivity contribution in [3.05, 3.63) is 16.3 Å². The lowest BCUT2D eigenvalue weighted by atomic mass is 9.96. The molecule has 3 heterocycles. The summed E-state index contributed by atoms with van der Waals surface area (Å²) in [4.78, 5) is 38.3. The van der Waals surface area contributed by atoms with Gasteiger partial charge in [0, 0.05) is 17.5 Å².